The van der Waals surface area contributed by atoms with Crippen LogP contribution >= 0.6 is 0 Å². The fourth-order valence-electron chi connectivity index (χ4n) is 2.72. The van der Waals surface area contributed by atoms with Crippen molar-refractivity contribution in [1.29, 1.82) is 0 Å². The van der Waals surface area contributed by atoms with E-state index in [-0.39, 0.29) is 11.9 Å². The molecule has 0 aliphatic carbocycles. The van der Waals surface area contributed by atoms with Crippen LogP contribution in [0.3, 0.4) is 0 Å². The van der Waals surface area contributed by atoms with E-state index < -0.39 is 0 Å². The van der Waals surface area contributed by atoms with Crippen LogP contribution in [0.1, 0.15) is 30.5 Å². The number of hydrogen-bond donors (Lipinski definition) is 1. The lowest BCUT2D eigenvalue weighted by Gasteiger charge is -2.31. The normalized spacial score (nSPS) is 12.6. The molecule has 0 spiro atoms. The van der Waals surface area contributed by atoms with Gasteiger partial charge in [-0.3, -0.25) is 4.90 Å². The molecule has 0 fully saturated rings. The number of nitrogens with two attached hydrogens (primary N) is 1. The lowest BCUT2D eigenvalue weighted by atomic mass is 10.0. The third-order valence-corrected chi connectivity index (χ3v) is 3.73. The molecule has 0 aliphatic rings. The van der Waals surface area contributed by atoms with Crippen LogP contribution in [0.2, 0.25) is 0 Å². The predicted octanol–water partition coefficient (Wildman–Crippen LogP) is 3.74. The molecule has 2 N–H and O–H groups in total. The maximum atomic E-state index is 13.1. The van der Waals surface area contributed by atoms with Gasteiger partial charge in [-0.15, -0.1) is 0 Å². The summed E-state index contributed by atoms with van der Waals surface area (Å²) in [6.07, 6.45) is 0.971. The van der Waals surface area contributed by atoms with Gasteiger partial charge in [-0.25, -0.2) is 4.39 Å². The molecule has 1 atom stereocenters. The highest BCUT2D eigenvalue weighted by atomic mass is 19.1. The van der Waals surface area contributed by atoms with Crippen molar-refractivity contribution in [3.63, 3.8) is 0 Å². The Morgan fingerprint density at radius 1 is 1.05 bits per heavy atom. The van der Waals surface area contributed by atoms with E-state index in [0.29, 0.717) is 6.54 Å². The summed E-state index contributed by atoms with van der Waals surface area (Å²) in [6.45, 7) is 4.45. The Balaban J connectivity index is 2.19. The monoisotopic (exact) mass is 286 g/mol. The molecule has 112 valence electrons. The largest absolute Gasteiger partial charge is 0.329 e. The number of hydrogen-bond acceptors (Lipinski definition) is 2. The quantitative estimate of drug-likeness (QED) is 0.840. The van der Waals surface area contributed by atoms with Gasteiger partial charge in [0, 0.05) is 25.7 Å². The maximum absolute atomic E-state index is 13.1. The van der Waals surface area contributed by atoms with E-state index in [1.54, 1.807) is 0 Å². The number of rotatable bonds is 7. The van der Waals surface area contributed by atoms with Crippen LogP contribution in [0.25, 0.3) is 0 Å². The summed E-state index contributed by atoms with van der Waals surface area (Å²) in [5, 5.41) is 0. The van der Waals surface area contributed by atoms with Crippen molar-refractivity contribution in [2.45, 2.75) is 25.9 Å². The Hall–Kier alpha value is -1.71. The van der Waals surface area contributed by atoms with Crippen LogP contribution in [0.15, 0.2) is 54.6 Å². The second-order valence-corrected chi connectivity index (χ2v) is 5.22. The van der Waals surface area contributed by atoms with Crippen LogP contribution in [-0.2, 0) is 6.54 Å². The van der Waals surface area contributed by atoms with Crippen LogP contribution in [0.4, 0.5) is 4.39 Å². The SMILES string of the molecule is CCC(c1ccc(F)cc1)N(CCN)Cc1ccccc1. The molecule has 0 amide bonds. The highest BCUT2D eigenvalue weighted by molar-refractivity contribution is 5.21. The number of benzene rings is 2. The predicted molar refractivity (Wildman–Crippen MR) is 85.3 cm³/mol. The van der Waals surface area contributed by atoms with E-state index in [1.807, 2.05) is 18.2 Å². The molecule has 0 saturated heterocycles. The first-order chi connectivity index (χ1) is 10.2. The molecule has 0 radical (unpaired) electrons. The first-order valence-electron chi connectivity index (χ1n) is 7.48. The zero-order valence-electron chi connectivity index (χ0n) is 12.5. The standard InChI is InChI=1S/C18H23FN2/c1-2-18(16-8-10-17(19)11-9-16)21(13-12-20)14-15-6-4-3-5-7-15/h3-11,18H,2,12-14,20H2,1H3. The van der Waals surface area contributed by atoms with Crippen molar-refractivity contribution in [3.8, 4) is 0 Å². The Bertz CT molecular complexity index is 525. The lowest BCUT2D eigenvalue weighted by Crippen LogP contribution is -2.32. The molecule has 0 heterocycles. The van der Waals surface area contributed by atoms with Gasteiger partial charge in [0.25, 0.3) is 0 Å². The highest BCUT2D eigenvalue weighted by Gasteiger charge is 2.18. The number of halogens is 1. The van der Waals surface area contributed by atoms with Gasteiger partial charge in [0.1, 0.15) is 5.82 Å². The van der Waals surface area contributed by atoms with Gasteiger partial charge >= 0.3 is 0 Å². The fourth-order valence-corrected chi connectivity index (χ4v) is 2.72. The molecule has 3 heteroatoms. The molecular formula is C18H23FN2. The second kappa shape index (κ2) is 7.91. The highest BCUT2D eigenvalue weighted by Crippen LogP contribution is 2.25. The van der Waals surface area contributed by atoms with E-state index in [0.717, 1.165) is 25.1 Å². The Kier molecular flexibility index (Phi) is 5.90. The summed E-state index contributed by atoms with van der Waals surface area (Å²) in [6, 6.07) is 17.4. The second-order valence-electron chi connectivity index (χ2n) is 5.22. The van der Waals surface area contributed by atoms with Gasteiger partial charge in [-0.2, -0.15) is 0 Å². The summed E-state index contributed by atoms with van der Waals surface area (Å²) in [5.74, 6) is -0.193. The summed E-state index contributed by atoms with van der Waals surface area (Å²) in [5.41, 5.74) is 8.19. The zero-order chi connectivity index (χ0) is 15.1. The van der Waals surface area contributed by atoms with Gasteiger partial charge in [-0.1, -0.05) is 49.4 Å². The van der Waals surface area contributed by atoms with Crippen molar-refractivity contribution in [2.24, 2.45) is 5.73 Å². The molecule has 2 rings (SSSR count). The van der Waals surface area contributed by atoms with Crippen LogP contribution in [0, 0.1) is 5.82 Å². The molecule has 0 saturated carbocycles. The minimum atomic E-state index is -0.193. The molecule has 2 aromatic carbocycles. The maximum Gasteiger partial charge on any atom is 0.123 e. The average molecular weight is 286 g/mol. The van der Waals surface area contributed by atoms with Crippen molar-refractivity contribution in [3.05, 3.63) is 71.5 Å². The minimum absolute atomic E-state index is 0.193. The molecule has 0 aliphatic heterocycles. The Labute approximate surface area is 126 Å². The smallest absolute Gasteiger partial charge is 0.123 e. The van der Waals surface area contributed by atoms with Crippen LogP contribution in [0.5, 0.6) is 0 Å². The van der Waals surface area contributed by atoms with Gasteiger partial charge < -0.3 is 5.73 Å². The van der Waals surface area contributed by atoms with E-state index in [4.69, 9.17) is 5.73 Å². The molecule has 0 aromatic heterocycles. The van der Waals surface area contributed by atoms with Gasteiger partial charge in [0.2, 0.25) is 0 Å². The zero-order valence-corrected chi connectivity index (χ0v) is 12.5. The van der Waals surface area contributed by atoms with Crippen molar-refractivity contribution in [2.75, 3.05) is 13.1 Å². The van der Waals surface area contributed by atoms with Crippen molar-refractivity contribution >= 4 is 0 Å². The molecule has 2 nitrogen and oxygen atoms in total. The Morgan fingerprint density at radius 2 is 1.71 bits per heavy atom. The minimum Gasteiger partial charge on any atom is -0.329 e. The van der Waals surface area contributed by atoms with E-state index in [9.17, 15) is 4.39 Å². The fraction of sp³-hybridized carbons (Fsp3) is 0.333. The molecule has 2 aromatic rings. The third-order valence-electron chi connectivity index (χ3n) is 3.73. The number of nitrogens with zero attached hydrogens (tertiary/aromatic N) is 1. The van der Waals surface area contributed by atoms with Gasteiger partial charge in [0.15, 0.2) is 0 Å². The van der Waals surface area contributed by atoms with E-state index >= 15 is 0 Å². The first kappa shape index (κ1) is 15.7. The third kappa shape index (κ3) is 4.38. The topological polar surface area (TPSA) is 29.3 Å². The average Bonchev–Trinajstić information content (AvgIpc) is 2.51. The molecule has 1 unspecified atom stereocenters. The molecule has 21 heavy (non-hydrogen) atoms. The lowest BCUT2D eigenvalue weighted by molar-refractivity contribution is 0.188. The van der Waals surface area contributed by atoms with Crippen LogP contribution in [-0.4, -0.2) is 18.0 Å². The first-order valence-corrected chi connectivity index (χ1v) is 7.48. The van der Waals surface area contributed by atoms with Gasteiger partial charge in [0.05, 0.1) is 0 Å². The Morgan fingerprint density at radius 3 is 2.29 bits per heavy atom. The molecule has 0 bridgehead atoms. The van der Waals surface area contributed by atoms with E-state index in [1.165, 1.54) is 17.7 Å². The summed E-state index contributed by atoms with van der Waals surface area (Å²) >= 11 is 0. The summed E-state index contributed by atoms with van der Waals surface area (Å²) in [4.78, 5) is 2.36. The molecular weight excluding hydrogens is 263 g/mol. The summed E-state index contributed by atoms with van der Waals surface area (Å²) < 4.78 is 13.1. The van der Waals surface area contributed by atoms with E-state index in [2.05, 4.69) is 36.1 Å². The van der Waals surface area contributed by atoms with Crippen molar-refractivity contribution < 1.29 is 4.39 Å². The summed E-state index contributed by atoms with van der Waals surface area (Å²) in [7, 11) is 0. The van der Waals surface area contributed by atoms with Crippen LogP contribution < -0.4 is 5.73 Å². The van der Waals surface area contributed by atoms with Crippen molar-refractivity contribution in [1.82, 2.24) is 4.90 Å². The van der Waals surface area contributed by atoms with Gasteiger partial charge in [-0.05, 0) is 29.7 Å².